The van der Waals surface area contributed by atoms with Gasteiger partial charge in [-0.05, 0) is 43.7 Å². The Balaban J connectivity index is 1.47. The lowest BCUT2D eigenvalue weighted by atomic mass is 10.0. The van der Waals surface area contributed by atoms with Crippen LogP contribution in [0.4, 0.5) is 42.0 Å². The second-order valence-electron chi connectivity index (χ2n) is 11.1. The maximum atomic E-state index is 14.2. The van der Waals surface area contributed by atoms with Gasteiger partial charge >= 0.3 is 13.8 Å². The molecule has 0 bridgehead atoms. The lowest BCUT2D eigenvalue weighted by Crippen LogP contribution is -2.40. The number of hydrogen-bond donors (Lipinski definition) is 2. The van der Waals surface area contributed by atoms with Crippen LogP contribution in [0.2, 0.25) is 0 Å². The number of sulfone groups is 1. The largest absolute Gasteiger partial charge is 0.495 e. The monoisotopic (exact) mass is 712 g/mol. The number of fused-ring (bicyclic) bond motifs is 1. The average molecular weight is 713 g/mol. The first-order valence-corrected chi connectivity index (χ1v) is 18.6. The molecule has 3 aromatic rings. The number of nitrogens with zero attached hydrogens (tertiary/aromatic N) is 4. The second kappa shape index (κ2) is 13.9. The van der Waals surface area contributed by atoms with Crippen molar-refractivity contribution >= 4 is 52.2 Å². The van der Waals surface area contributed by atoms with Crippen molar-refractivity contribution in [2.75, 3.05) is 67.5 Å². The zero-order valence-electron chi connectivity index (χ0n) is 26.8. The van der Waals surface area contributed by atoms with Crippen LogP contribution in [0, 0.1) is 0 Å². The number of aromatic nitrogens is 2. The molecule has 1 aromatic heterocycles. The molecule has 2 aliphatic heterocycles. The van der Waals surface area contributed by atoms with Gasteiger partial charge in [0.1, 0.15) is 17.1 Å². The Hall–Kier alpha value is -3.92. The van der Waals surface area contributed by atoms with Crippen molar-refractivity contribution in [1.29, 1.82) is 0 Å². The smallest absolute Gasteiger partial charge is 0.421 e. The van der Waals surface area contributed by atoms with Crippen LogP contribution < -0.4 is 20.3 Å². The summed E-state index contributed by atoms with van der Waals surface area (Å²) in [7, 11) is -3.60. The van der Waals surface area contributed by atoms with Crippen molar-refractivity contribution in [3.8, 4) is 5.75 Å². The maximum Gasteiger partial charge on any atom is 0.421 e. The van der Waals surface area contributed by atoms with Gasteiger partial charge in [-0.3, -0.25) is 9.36 Å². The first kappa shape index (κ1) is 35.4. The standard InChI is InChI=1S/C30H36F3N6O7PS/c1-5-45-47(41,46-6-2)18-19-7-8-22(25(15-19)44-4)36-29-34-16-21(30(31,32)33)27(37-29)35-23-9-10-24(20-17-38(3)28(40)26(20)23)39-11-13-48(42,43)14-12-39/h7-10,15-16H,5-6,11-14,17-18H2,1-4H3,(H2,34,35,36,37). The Kier molecular flexibility index (Phi) is 10.2. The van der Waals surface area contributed by atoms with E-state index >= 15 is 0 Å². The van der Waals surface area contributed by atoms with Crippen LogP contribution >= 0.6 is 7.60 Å². The summed E-state index contributed by atoms with van der Waals surface area (Å²) in [6, 6.07) is 7.98. The normalized spacial score (nSPS) is 16.2. The molecule has 1 amide bonds. The van der Waals surface area contributed by atoms with Crippen LogP contribution in [-0.2, 0) is 42.3 Å². The van der Waals surface area contributed by atoms with Crippen LogP contribution in [-0.4, -0.2) is 81.2 Å². The molecule has 0 saturated carbocycles. The molecule has 0 radical (unpaired) electrons. The highest BCUT2D eigenvalue weighted by Crippen LogP contribution is 2.52. The molecule has 0 unspecified atom stereocenters. The molecular weight excluding hydrogens is 676 g/mol. The number of hydrogen-bond acceptors (Lipinski definition) is 12. The van der Waals surface area contributed by atoms with Gasteiger partial charge in [0.05, 0.1) is 54.9 Å². The van der Waals surface area contributed by atoms with E-state index < -0.39 is 40.9 Å². The predicted molar refractivity (Wildman–Crippen MR) is 174 cm³/mol. The zero-order chi connectivity index (χ0) is 34.9. The third-order valence-corrected chi connectivity index (χ3v) is 11.5. The van der Waals surface area contributed by atoms with Gasteiger partial charge in [-0.15, -0.1) is 0 Å². The number of benzene rings is 2. The molecule has 5 rings (SSSR count). The van der Waals surface area contributed by atoms with Gasteiger partial charge in [-0.1, -0.05) is 6.07 Å². The Morgan fingerprint density at radius 3 is 2.31 bits per heavy atom. The second-order valence-corrected chi connectivity index (χ2v) is 15.5. The number of carbonyl (C=O) groups excluding carboxylic acids is 1. The van der Waals surface area contributed by atoms with Crippen molar-refractivity contribution in [2.45, 2.75) is 32.7 Å². The number of amides is 1. The fraction of sp³-hybridized carbons (Fsp3) is 0.433. The fourth-order valence-corrected chi connectivity index (χ4v) is 8.46. The highest BCUT2D eigenvalue weighted by atomic mass is 32.2. The van der Waals surface area contributed by atoms with E-state index in [0.717, 1.165) is 0 Å². The molecule has 0 spiro atoms. The quantitative estimate of drug-likeness (QED) is 0.226. The van der Waals surface area contributed by atoms with E-state index in [4.69, 9.17) is 13.8 Å². The Bertz CT molecular complexity index is 1840. The third kappa shape index (κ3) is 7.69. The third-order valence-electron chi connectivity index (χ3n) is 7.82. The molecule has 18 heteroatoms. The molecule has 48 heavy (non-hydrogen) atoms. The summed E-state index contributed by atoms with van der Waals surface area (Å²) in [6.07, 6.45) is -4.22. The number of rotatable bonds is 12. The zero-order valence-corrected chi connectivity index (χ0v) is 28.5. The topological polar surface area (TPSA) is 152 Å². The van der Waals surface area contributed by atoms with Gasteiger partial charge in [0.2, 0.25) is 5.95 Å². The summed E-state index contributed by atoms with van der Waals surface area (Å²) in [4.78, 5) is 24.6. The van der Waals surface area contributed by atoms with Gasteiger partial charge in [0, 0.05) is 44.1 Å². The Labute approximate surface area is 276 Å². The number of halogens is 3. The van der Waals surface area contributed by atoms with Crippen molar-refractivity contribution < 1.29 is 44.7 Å². The van der Waals surface area contributed by atoms with Gasteiger partial charge in [0.15, 0.2) is 9.84 Å². The van der Waals surface area contributed by atoms with Crippen LogP contribution in [0.1, 0.15) is 40.9 Å². The summed E-state index contributed by atoms with van der Waals surface area (Å²) in [5.41, 5.74) is 1.26. The summed E-state index contributed by atoms with van der Waals surface area (Å²) in [5, 5.41) is 5.60. The Morgan fingerprint density at radius 2 is 1.69 bits per heavy atom. The van der Waals surface area contributed by atoms with Crippen molar-refractivity contribution in [1.82, 2.24) is 14.9 Å². The Morgan fingerprint density at radius 1 is 1.02 bits per heavy atom. The molecule has 0 aliphatic carbocycles. The molecule has 0 atom stereocenters. The van der Waals surface area contributed by atoms with Gasteiger partial charge in [0.25, 0.3) is 5.91 Å². The first-order chi connectivity index (χ1) is 22.7. The summed E-state index contributed by atoms with van der Waals surface area (Å²) >= 11 is 0. The molecule has 2 aromatic carbocycles. The lowest BCUT2D eigenvalue weighted by Gasteiger charge is -2.30. The predicted octanol–water partition coefficient (Wildman–Crippen LogP) is 5.58. The van der Waals surface area contributed by atoms with Crippen LogP contribution in [0.3, 0.4) is 0 Å². The first-order valence-electron chi connectivity index (χ1n) is 15.1. The SMILES string of the molecule is CCOP(=O)(Cc1ccc(Nc2ncc(C(F)(F)F)c(Nc3ccc(N4CCS(=O)(=O)CC4)c4c3C(=O)N(C)C4)n2)c(OC)c1)OCC. The number of alkyl halides is 3. The number of carbonyl (C=O) groups is 1. The van der Waals surface area contributed by atoms with Crippen LogP contribution in [0.5, 0.6) is 5.75 Å². The maximum absolute atomic E-state index is 14.2. The number of methoxy groups -OCH3 is 1. The van der Waals surface area contributed by atoms with E-state index in [2.05, 4.69) is 20.6 Å². The summed E-state index contributed by atoms with van der Waals surface area (Å²) in [5.74, 6) is -0.984. The number of nitrogens with one attached hydrogen (secondary N) is 2. The van der Waals surface area contributed by atoms with E-state index in [0.29, 0.717) is 28.7 Å². The molecule has 3 heterocycles. The molecular formula is C30H36F3N6O7PS. The van der Waals surface area contributed by atoms with Crippen molar-refractivity contribution in [2.24, 2.45) is 0 Å². The molecule has 260 valence electrons. The molecule has 2 aliphatic rings. The minimum Gasteiger partial charge on any atom is -0.495 e. The van der Waals surface area contributed by atoms with Crippen molar-refractivity contribution in [3.05, 3.63) is 58.8 Å². The van der Waals surface area contributed by atoms with Crippen LogP contribution in [0.25, 0.3) is 0 Å². The molecule has 1 saturated heterocycles. The molecule has 2 N–H and O–H groups in total. The van der Waals surface area contributed by atoms with E-state index in [9.17, 15) is 30.9 Å². The molecule has 13 nitrogen and oxygen atoms in total. The summed E-state index contributed by atoms with van der Waals surface area (Å²) < 4.78 is 95.7. The van der Waals surface area contributed by atoms with Gasteiger partial charge in [-0.25, -0.2) is 13.4 Å². The van der Waals surface area contributed by atoms with Gasteiger partial charge < -0.3 is 34.2 Å². The minimum absolute atomic E-state index is 0.0238. The highest BCUT2D eigenvalue weighted by molar-refractivity contribution is 7.91. The average Bonchev–Trinajstić information content (AvgIpc) is 3.32. The summed E-state index contributed by atoms with van der Waals surface area (Å²) in [6.45, 7) is 4.47. The van der Waals surface area contributed by atoms with Crippen molar-refractivity contribution in [3.63, 3.8) is 0 Å². The fourth-order valence-electron chi connectivity index (χ4n) is 5.57. The van der Waals surface area contributed by atoms with E-state index in [1.807, 2.05) is 4.90 Å². The van der Waals surface area contributed by atoms with E-state index in [-0.39, 0.29) is 73.5 Å². The molecule has 1 fully saturated rings. The van der Waals surface area contributed by atoms with Crippen LogP contribution in [0.15, 0.2) is 36.5 Å². The van der Waals surface area contributed by atoms with E-state index in [1.54, 1.807) is 45.2 Å². The lowest BCUT2D eigenvalue weighted by molar-refractivity contribution is -0.137. The number of ether oxygens (including phenoxy) is 1. The number of anilines is 5. The van der Waals surface area contributed by atoms with Gasteiger partial charge in [-0.2, -0.15) is 18.2 Å². The highest BCUT2D eigenvalue weighted by Gasteiger charge is 2.37. The van der Waals surface area contributed by atoms with E-state index in [1.165, 1.54) is 18.1 Å². The minimum atomic E-state index is -4.83.